The fraction of sp³-hybridized carbons (Fsp3) is 0.357. The van der Waals surface area contributed by atoms with Gasteiger partial charge in [-0.2, -0.15) is 0 Å². The first-order valence-electron chi connectivity index (χ1n) is 11.6. The lowest BCUT2D eigenvalue weighted by Crippen LogP contribution is -2.40. The maximum atomic E-state index is 12.0. The van der Waals surface area contributed by atoms with Crippen LogP contribution >= 0.6 is 0 Å². The Bertz CT molecular complexity index is 1160. The van der Waals surface area contributed by atoms with Crippen molar-refractivity contribution in [2.45, 2.75) is 46.1 Å². The van der Waals surface area contributed by atoms with Crippen molar-refractivity contribution in [3.8, 4) is 0 Å². The molecule has 0 aliphatic heterocycles. The van der Waals surface area contributed by atoms with Crippen LogP contribution in [-0.4, -0.2) is 24.3 Å². The quantitative estimate of drug-likeness (QED) is 0.477. The number of anilines is 1. The van der Waals surface area contributed by atoms with Gasteiger partial charge in [-0.1, -0.05) is 35.9 Å². The molecule has 1 heterocycles. The van der Waals surface area contributed by atoms with Gasteiger partial charge < -0.3 is 9.88 Å². The van der Waals surface area contributed by atoms with Crippen LogP contribution in [0.1, 0.15) is 50.9 Å². The van der Waals surface area contributed by atoms with Gasteiger partial charge in [-0.05, 0) is 69.5 Å². The lowest BCUT2D eigenvalue weighted by molar-refractivity contribution is 0.413. The summed E-state index contributed by atoms with van der Waals surface area (Å²) in [5.41, 5.74) is 6.75. The van der Waals surface area contributed by atoms with E-state index in [-0.39, 0.29) is 11.5 Å². The number of nitrogens with zero attached hydrogens (tertiary/aromatic N) is 2. The van der Waals surface area contributed by atoms with Crippen LogP contribution in [0.3, 0.4) is 0 Å². The molecule has 1 N–H and O–H groups in total. The number of hydrogen-bond acceptors (Lipinski definition) is 3. The predicted molar refractivity (Wildman–Crippen MR) is 136 cm³/mol. The third-order valence-electron chi connectivity index (χ3n) is 6.75. The first-order chi connectivity index (χ1) is 15.5. The minimum atomic E-state index is -0.441. The van der Waals surface area contributed by atoms with Crippen molar-refractivity contribution < 1.29 is 0 Å². The van der Waals surface area contributed by atoms with Gasteiger partial charge in [0.15, 0.2) is 0 Å². The number of benzene rings is 1. The van der Waals surface area contributed by atoms with E-state index in [0.717, 1.165) is 42.8 Å². The summed E-state index contributed by atoms with van der Waals surface area (Å²) in [5, 5.41) is 0. The molecule has 2 aliphatic rings. The molecule has 2 bridgehead atoms. The summed E-state index contributed by atoms with van der Waals surface area (Å²) in [6, 6.07) is 12.2. The Morgan fingerprint density at radius 3 is 2.78 bits per heavy atom. The van der Waals surface area contributed by atoms with E-state index in [9.17, 15) is 4.79 Å². The highest BCUT2D eigenvalue weighted by Gasteiger charge is 2.46. The highest BCUT2D eigenvalue weighted by atomic mass is 16.1. The Kier molecular flexibility index (Phi) is 6.31. The second-order valence-electron chi connectivity index (χ2n) is 8.72. The molecule has 0 fully saturated rings. The maximum absolute atomic E-state index is 12.0. The van der Waals surface area contributed by atoms with Crippen molar-refractivity contribution in [3.05, 3.63) is 92.9 Å². The number of rotatable bonds is 6. The van der Waals surface area contributed by atoms with Gasteiger partial charge in [-0.3, -0.25) is 9.79 Å². The standard InChI is InChI=1S/C28H33N3O/c1-5-24-22-16-20(4)19-28(24,25-13-14-27(32)30-26(25)18-22)29-15-9-11-21-10-8-12-23(17-21)31(6-2)7-3/h5,8-17,22H,6-7,18-19H2,1-4H3,(H,30,32)/b11-9+,24-5+,29-15?. The lowest BCUT2D eigenvalue weighted by atomic mass is 9.63. The van der Waals surface area contributed by atoms with Gasteiger partial charge >= 0.3 is 0 Å². The van der Waals surface area contributed by atoms with Crippen LogP contribution in [0, 0.1) is 5.92 Å². The Morgan fingerprint density at radius 2 is 2.03 bits per heavy atom. The second-order valence-corrected chi connectivity index (χ2v) is 8.72. The number of hydrogen-bond donors (Lipinski definition) is 1. The van der Waals surface area contributed by atoms with Crippen LogP contribution in [0.5, 0.6) is 0 Å². The molecule has 1 aromatic carbocycles. The SMILES string of the molecule is C/C=C1\C2C=C(C)CC1(N=C/C=C/c1cccc(N(CC)CC)c1)c1ccc(=O)[nH]c1C2. The number of aromatic amines is 1. The molecule has 0 saturated heterocycles. The van der Waals surface area contributed by atoms with Crippen LogP contribution in [0.2, 0.25) is 0 Å². The fourth-order valence-corrected chi connectivity index (χ4v) is 5.39. The molecule has 2 aromatic rings. The van der Waals surface area contributed by atoms with Crippen molar-refractivity contribution in [2.75, 3.05) is 18.0 Å². The summed E-state index contributed by atoms with van der Waals surface area (Å²) >= 11 is 0. The van der Waals surface area contributed by atoms with Crippen molar-refractivity contribution >= 4 is 18.0 Å². The van der Waals surface area contributed by atoms with Crippen LogP contribution < -0.4 is 10.5 Å². The largest absolute Gasteiger partial charge is 0.372 e. The summed E-state index contributed by atoms with van der Waals surface area (Å²) in [6.45, 7) is 10.6. The zero-order valence-electron chi connectivity index (χ0n) is 19.6. The van der Waals surface area contributed by atoms with E-state index in [4.69, 9.17) is 4.99 Å². The van der Waals surface area contributed by atoms with E-state index in [1.807, 2.05) is 18.4 Å². The normalized spacial score (nSPS) is 23.6. The van der Waals surface area contributed by atoms with Gasteiger partial charge in [0.2, 0.25) is 5.56 Å². The molecule has 4 nitrogen and oxygen atoms in total. The molecular weight excluding hydrogens is 394 g/mol. The average molecular weight is 428 g/mol. The Hall–Kier alpha value is -3.14. The number of nitrogens with one attached hydrogen (secondary N) is 1. The smallest absolute Gasteiger partial charge is 0.248 e. The maximum Gasteiger partial charge on any atom is 0.248 e. The van der Waals surface area contributed by atoms with Crippen LogP contribution in [0.15, 0.2) is 75.6 Å². The molecule has 4 rings (SSSR count). The molecule has 0 saturated carbocycles. The first kappa shape index (κ1) is 22.1. The first-order valence-corrected chi connectivity index (χ1v) is 11.6. The molecule has 166 valence electrons. The predicted octanol–water partition coefficient (Wildman–Crippen LogP) is 5.67. The zero-order valence-corrected chi connectivity index (χ0v) is 19.6. The van der Waals surface area contributed by atoms with Crippen molar-refractivity contribution in [1.29, 1.82) is 0 Å². The van der Waals surface area contributed by atoms with Gasteiger partial charge in [0.25, 0.3) is 0 Å². The molecule has 32 heavy (non-hydrogen) atoms. The molecule has 1 aromatic heterocycles. The summed E-state index contributed by atoms with van der Waals surface area (Å²) in [6.07, 6.45) is 12.3. The van der Waals surface area contributed by atoms with E-state index in [1.54, 1.807) is 6.07 Å². The number of H-pyrrole nitrogens is 1. The summed E-state index contributed by atoms with van der Waals surface area (Å²) in [7, 11) is 0. The molecule has 0 radical (unpaired) electrons. The van der Waals surface area contributed by atoms with Gasteiger partial charge in [0, 0.05) is 54.7 Å². The minimum Gasteiger partial charge on any atom is -0.372 e. The second kappa shape index (κ2) is 9.15. The third-order valence-corrected chi connectivity index (χ3v) is 6.75. The summed E-state index contributed by atoms with van der Waals surface area (Å²) in [4.78, 5) is 22.6. The summed E-state index contributed by atoms with van der Waals surface area (Å²) in [5.74, 6) is 0.284. The number of aliphatic imine (C=N–C) groups is 1. The topological polar surface area (TPSA) is 48.5 Å². The third kappa shape index (κ3) is 4.02. The zero-order chi connectivity index (χ0) is 22.7. The number of pyridine rings is 1. The van der Waals surface area contributed by atoms with E-state index >= 15 is 0 Å². The van der Waals surface area contributed by atoms with Gasteiger partial charge in [0.1, 0.15) is 5.54 Å². The van der Waals surface area contributed by atoms with E-state index in [1.165, 1.54) is 16.8 Å². The molecule has 0 amide bonds. The number of allylic oxidation sites excluding steroid dienone is 3. The monoisotopic (exact) mass is 427 g/mol. The van der Waals surface area contributed by atoms with Crippen LogP contribution in [0.25, 0.3) is 6.08 Å². The molecule has 2 atom stereocenters. The minimum absolute atomic E-state index is 0.0430. The lowest BCUT2D eigenvalue weighted by Gasteiger charge is -2.45. The van der Waals surface area contributed by atoms with Crippen LogP contribution in [0.4, 0.5) is 5.69 Å². The number of fused-ring (bicyclic) bond motifs is 4. The Morgan fingerprint density at radius 1 is 1.22 bits per heavy atom. The summed E-state index contributed by atoms with van der Waals surface area (Å²) < 4.78 is 0. The van der Waals surface area contributed by atoms with E-state index in [0.29, 0.717) is 0 Å². The van der Waals surface area contributed by atoms with Gasteiger partial charge in [0.05, 0.1) is 0 Å². The van der Waals surface area contributed by atoms with Gasteiger partial charge in [-0.15, -0.1) is 0 Å². The van der Waals surface area contributed by atoms with E-state index in [2.05, 4.69) is 80.1 Å². The molecule has 2 unspecified atom stereocenters. The van der Waals surface area contributed by atoms with Crippen LogP contribution in [-0.2, 0) is 12.0 Å². The average Bonchev–Trinajstić information content (AvgIpc) is 2.77. The van der Waals surface area contributed by atoms with E-state index < -0.39 is 5.54 Å². The number of aromatic nitrogens is 1. The van der Waals surface area contributed by atoms with Gasteiger partial charge in [-0.25, -0.2) is 0 Å². The highest BCUT2D eigenvalue weighted by Crippen LogP contribution is 2.51. The van der Waals surface area contributed by atoms with Crippen molar-refractivity contribution in [2.24, 2.45) is 10.9 Å². The van der Waals surface area contributed by atoms with Crippen molar-refractivity contribution in [3.63, 3.8) is 0 Å². The van der Waals surface area contributed by atoms with Crippen molar-refractivity contribution in [1.82, 2.24) is 4.98 Å². The fourth-order valence-electron chi connectivity index (χ4n) is 5.39. The molecule has 4 heteroatoms. The molecule has 0 spiro atoms. The Labute approximate surface area is 191 Å². The molecule has 2 aliphatic carbocycles. The highest BCUT2D eigenvalue weighted by molar-refractivity contribution is 5.80. The molecular formula is C28H33N3O. The Balaban J connectivity index is 1.69.